The molecule has 0 fully saturated rings. The summed E-state index contributed by atoms with van der Waals surface area (Å²) in [7, 11) is 0. The van der Waals surface area contributed by atoms with Gasteiger partial charge in [-0.05, 0) is 109 Å². The normalized spacial score (nSPS) is 13.6. The minimum atomic E-state index is -0.559. The van der Waals surface area contributed by atoms with Crippen molar-refractivity contribution in [1.29, 1.82) is 0 Å². The zero-order chi connectivity index (χ0) is 44.0. The van der Waals surface area contributed by atoms with Gasteiger partial charge in [0, 0.05) is 13.0 Å². The van der Waals surface area contributed by atoms with Crippen LogP contribution >= 0.6 is 0 Å². The van der Waals surface area contributed by atoms with Gasteiger partial charge in [-0.1, -0.05) is 212 Å². The Morgan fingerprint density at radius 2 is 0.689 bits per heavy atom. The van der Waals surface area contributed by atoms with E-state index in [0.717, 1.165) is 109 Å². The molecule has 0 aliphatic heterocycles. The number of allylic oxidation sites excluding steroid dienone is 22. The lowest BCUT2D eigenvalue weighted by atomic mass is 10.1. The van der Waals surface area contributed by atoms with E-state index in [1.165, 1.54) is 64.2 Å². The van der Waals surface area contributed by atoms with Crippen molar-refractivity contribution in [1.82, 2.24) is 0 Å². The molecule has 0 aliphatic carbocycles. The third kappa shape index (κ3) is 50.8. The van der Waals surface area contributed by atoms with Crippen LogP contribution in [0.25, 0.3) is 0 Å². The number of rotatable bonds is 44. The summed E-state index contributed by atoms with van der Waals surface area (Å²) < 4.78 is 11.2. The minimum Gasteiger partial charge on any atom is -0.457 e. The third-order valence-corrected chi connectivity index (χ3v) is 9.97. The van der Waals surface area contributed by atoms with Gasteiger partial charge in [0.2, 0.25) is 0 Å². The van der Waals surface area contributed by atoms with Crippen molar-refractivity contribution in [2.75, 3.05) is 19.8 Å². The van der Waals surface area contributed by atoms with Crippen LogP contribution in [0.1, 0.15) is 194 Å². The predicted octanol–water partition coefficient (Wildman–Crippen LogP) is 17.0. The van der Waals surface area contributed by atoms with Crippen LogP contribution in [-0.4, -0.2) is 37.0 Å². The number of aliphatic hydroxyl groups is 1. The van der Waals surface area contributed by atoms with Crippen molar-refractivity contribution < 1.29 is 19.4 Å². The molecule has 0 spiro atoms. The molecule has 0 aromatic rings. The molecule has 0 aliphatic rings. The second-order valence-electron chi connectivity index (χ2n) is 15.8. The van der Waals surface area contributed by atoms with Crippen LogP contribution < -0.4 is 0 Å². The Labute approximate surface area is 377 Å². The fourth-order valence-corrected chi connectivity index (χ4v) is 6.36. The highest BCUT2D eigenvalue weighted by Gasteiger charge is 2.13. The van der Waals surface area contributed by atoms with E-state index < -0.39 is 6.10 Å². The quantitative estimate of drug-likeness (QED) is 0.0377. The van der Waals surface area contributed by atoms with E-state index in [0.29, 0.717) is 13.0 Å². The standard InChI is InChI=1S/C57H92O4/c1-3-5-7-9-11-13-15-17-19-21-23-25-27-29-30-32-34-36-38-40-42-44-46-48-50-52-57(59)61-56(54-58)55-60-53-51-49-47-45-43-41-39-37-35-33-31-28-26-24-22-20-18-16-14-12-10-8-6-4-2/h5-8,11-14,17-20,23-26,29-31,33-34,36,56,58H,3-4,9-10,15-16,21-22,27-28,32,35,37-55H2,1-2H3/b7-5-,8-6-,13-11-,14-12-,19-17-,20-18-,25-23-,26-24-,30-29-,33-31-,36-34-. The average Bonchev–Trinajstić information content (AvgIpc) is 3.27. The monoisotopic (exact) mass is 841 g/mol. The lowest BCUT2D eigenvalue weighted by Crippen LogP contribution is -2.27. The van der Waals surface area contributed by atoms with Gasteiger partial charge in [0.05, 0.1) is 13.2 Å². The molecular formula is C57H92O4. The molecule has 4 heteroatoms. The largest absolute Gasteiger partial charge is 0.457 e. The summed E-state index contributed by atoms with van der Waals surface area (Å²) in [5, 5.41) is 9.65. The molecule has 0 amide bonds. The summed E-state index contributed by atoms with van der Waals surface area (Å²) in [5.74, 6) is -0.224. The summed E-state index contributed by atoms with van der Waals surface area (Å²) >= 11 is 0. The summed E-state index contributed by atoms with van der Waals surface area (Å²) in [5.41, 5.74) is 0. The molecule has 0 rings (SSSR count). The van der Waals surface area contributed by atoms with E-state index in [1.807, 2.05) is 0 Å². The highest BCUT2D eigenvalue weighted by atomic mass is 16.6. The van der Waals surface area contributed by atoms with Crippen molar-refractivity contribution in [3.05, 3.63) is 134 Å². The van der Waals surface area contributed by atoms with Crippen molar-refractivity contribution in [2.45, 2.75) is 200 Å². The van der Waals surface area contributed by atoms with Crippen LogP contribution in [0.4, 0.5) is 0 Å². The maximum atomic E-state index is 12.3. The van der Waals surface area contributed by atoms with E-state index in [1.54, 1.807) is 0 Å². The number of hydrogen-bond donors (Lipinski definition) is 1. The summed E-state index contributed by atoms with van der Waals surface area (Å²) in [4.78, 5) is 12.3. The van der Waals surface area contributed by atoms with E-state index in [-0.39, 0.29) is 19.2 Å². The van der Waals surface area contributed by atoms with E-state index >= 15 is 0 Å². The SMILES string of the molecule is CC/C=C\C/C=C\C/C=C\C/C=C\C/C=C\C/C=C\CCCCCCCCC(=O)OC(CO)COCCCCCCCCCC/C=C\C/C=C\C/C=C\C/C=C\C/C=C\CC. The summed E-state index contributed by atoms with van der Waals surface area (Å²) in [6, 6.07) is 0. The van der Waals surface area contributed by atoms with Crippen LogP contribution in [0.2, 0.25) is 0 Å². The number of hydrogen-bond acceptors (Lipinski definition) is 4. The molecule has 1 N–H and O–H groups in total. The summed E-state index contributed by atoms with van der Waals surface area (Å²) in [6.07, 6.45) is 79.5. The van der Waals surface area contributed by atoms with Crippen LogP contribution in [0.15, 0.2) is 134 Å². The van der Waals surface area contributed by atoms with Crippen molar-refractivity contribution >= 4 is 5.97 Å². The van der Waals surface area contributed by atoms with Crippen LogP contribution in [-0.2, 0) is 14.3 Å². The predicted molar refractivity (Wildman–Crippen MR) is 269 cm³/mol. The molecule has 0 radical (unpaired) electrons. The molecule has 0 saturated heterocycles. The molecule has 4 nitrogen and oxygen atoms in total. The number of carbonyl (C=O) groups is 1. The molecular weight excluding hydrogens is 749 g/mol. The Bertz CT molecular complexity index is 1250. The molecule has 61 heavy (non-hydrogen) atoms. The highest BCUT2D eigenvalue weighted by molar-refractivity contribution is 5.69. The van der Waals surface area contributed by atoms with Gasteiger partial charge in [0.15, 0.2) is 0 Å². The lowest BCUT2D eigenvalue weighted by Gasteiger charge is -2.15. The number of aliphatic hydroxyl groups excluding tert-OH is 1. The lowest BCUT2D eigenvalue weighted by molar-refractivity contribution is -0.154. The number of ether oxygens (including phenoxy) is 2. The zero-order valence-electron chi connectivity index (χ0n) is 39.4. The Morgan fingerprint density at radius 1 is 0.393 bits per heavy atom. The molecule has 344 valence electrons. The van der Waals surface area contributed by atoms with Crippen LogP contribution in [0.3, 0.4) is 0 Å². The first-order valence-electron chi connectivity index (χ1n) is 24.8. The van der Waals surface area contributed by atoms with E-state index in [4.69, 9.17) is 9.47 Å². The fourth-order valence-electron chi connectivity index (χ4n) is 6.36. The van der Waals surface area contributed by atoms with Crippen molar-refractivity contribution in [2.24, 2.45) is 0 Å². The number of esters is 1. The van der Waals surface area contributed by atoms with Gasteiger partial charge in [0.25, 0.3) is 0 Å². The van der Waals surface area contributed by atoms with Gasteiger partial charge in [-0.2, -0.15) is 0 Å². The van der Waals surface area contributed by atoms with Gasteiger partial charge in [-0.3, -0.25) is 4.79 Å². The summed E-state index contributed by atoms with van der Waals surface area (Å²) in [6.45, 7) is 5.07. The minimum absolute atomic E-state index is 0.191. The maximum absolute atomic E-state index is 12.3. The Morgan fingerprint density at radius 3 is 1.03 bits per heavy atom. The molecule has 0 aromatic carbocycles. The maximum Gasteiger partial charge on any atom is 0.306 e. The Balaban J connectivity index is 3.55. The molecule has 1 atom stereocenters. The highest BCUT2D eigenvalue weighted by Crippen LogP contribution is 2.12. The Hall–Kier alpha value is -3.47. The molecule has 1 unspecified atom stereocenters. The van der Waals surface area contributed by atoms with Gasteiger partial charge in [-0.25, -0.2) is 0 Å². The number of unbranched alkanes of at least 4 members (excludes halogenated alkanes) is 14. The second kappa shape index (κ2) is 52.7. The van der Waals surface area contributed by atoms with E-state index in [9.17, 15) is 9.90 Å². The van der Waals surface area contributed by atoms with Crippen molar-refractivity contribution in [3.63, 3.8) is 0 Å². The number of carbonyl (C=O) groups excluding carboxylic acids is 1. The Kier molecular flexibility index (Phi) is 49.7. The van der Waals surface area contributed by atoms with Crippen LogP contribution in [0, 0.1) is 0 Å². The first-order chi connectivity index (χ1) is 30.2. The smallest absolute Gasteiger partial charge is 0.306 e. The second-order valence-corrected chi connectivity index (χ2v) is 15.8. The molecule has 0 heterocycles. The fraction of sp³-hybridized carbons (Fsp3) is 0.596. The third-order valence-electron chi connectivity index (χ3n) is 9.97. The average molecular weight is 841 g/mol. The molecule has 0 bridgehead atoms. The first kappa shape index (κ1) is 57.5. The van der Waals surface area contributed by atoms with Crippen molar-refractivity contribution in [3.8, 4) is 0 Å². The van der Waals surface area contributed by atoms with Gasteiger partial charge >= 0.3 is 5.97 Å². The van der Waals surface area contributed by atoms with Gasteiger partial charge < -0.3 is 14.6 Å². The topological polar surface area (TPSA) is 55.8 Å². The first-order valence-corrected chi connectivity index (χ1v) is 24.8. The zero-order valence-corrected chi connectivity index (χ0v) is 39.4. The molecule has 0 aromatic heterocycles. The van der Waals surface area contributed by atoms with E-state index in [2.05, 4.69) is 148 Å². The van der Waals surface area contributed by atoms with Gasteiger partial charge in [-0.15, -0.1) is 0 Å². The van der Waals surface area contributed by atoms with Gasteiger partial charge in [0.1, 0.15) is 6.10 Å². The van der Waals surface area contributed by atoms with Crippen LogP contribution in [0.5, 0.6) is 0 Å². The molecule has 0 saturated carbocycles.